The smallest absolute Gasteiger partial charge is 0.416 e. The molecule has 0 saturated carbocycles. The van der Waals surface area contributed by atoms with Crippen molar-refractivity contribution in [2.24, 2.45) is 0 Å². The number of nitro groups is 1. The van der Waals surface area contributed by atoms with Crippen LogP contribution >= 0.6 is 11.8 Å². The fourth-order valence-electron chi connectivity index (χ4n) is 2.03. The molecular formula is C15H9NO5S. The predicted octanol–water partition coefficient (Wildman–Crippen LogP) is 3.56. The Morgan fingerprint density at radius 1 is 1.09 bits per heavy atom. The van der Waals surface area contributed by atoms with Gasteiger partial charge in [-0.05, 0) is 24.3 Å². The molecule has 0 bridgehead atoms. The highest BCUT2D eigenvalue weighted by Gasteiger charge is 2.25. The molecule has 1 N–H and O–H groups in total. The monoisotopic (exact) mass is 315 g/mol. The first-order valence-electron chi connectivity index (χ1n) is 6.24. The van der Waals surface area contributed by atoms with Gasteiger partial charge in [-0.3, -0.25) is 10.1 Å². The maximum atomic E-state index is 11.9. The summed E-state index contributed by atoms with van der Waals surface area (Å²) in [5, 5.41) is 21.5. The van der Waals surface area contributed by atoms with Crippen LogP contribution in [0.15, 0.2) is 67.5 Å². The molecule has 0 aliphatic rings. The molecule has 110 valence electrons. The molecule has 0 aliphatic carbocycles. The van der Waals surface area contributed by atoms with Crippen molar-refractivity contribution in [2.45, 2.75) is 9.79 Å². The molecule has 0 aliphatic heterocycles. The SMILES string of the molecule is O=c1oc2ccccc2c(Sc2ccccc2O)c1[N+](=O)[O-]. The van der Waals surface area contributed by atoms with Gasteiger partial charge in [-0.2, -0.15) is 0 Å². The second-order valence-electron chi connectivity index (χ2n) is 4.39. The van der Waals surface area contributed by atoms with E-state index in [9.17, 15) is 20.0 Å². The molecule has 1 heterocycles. The minimum atomic E-state index is -1.01. The number of fused-ring (bicyclic) bond motifs is 1. The second kappa shape index (κ2) is 5.53. The van der Waals surface area contributed by atoms with Crippen LogP contribution in [0.2, 0.25) is 0 Å². The number of phenolic OH excluding ortho intramolecular Hbond substituents is 1. The zero-order valence-corrected chi connectivity index (χ0v) is 11.9. The number of nitrogens with zero attached hydrogens (tertiary/aromatic N) is 1. The van der Waals surface area contributed by atoms with Gasteiger partial charge in [0.25, 0.3) is 0 Å². The van der Waals surface area contributed by atoms with Gasteiger partial charge in [0.2, 0.25) is 0 Å². The van der Waals surface area contributed by atoms with E-state index in [4.69, 9.17) is 4.42 Å². The van der Waals surface area contributed by atoms with Gasteiger partial charge in [-0.25, -0.2) is 4.79 Å². The highest BCUT2D eigenvalue weighted by molar-refractivity contribution is 7.99. The first-order chi connectivity index (χ1) is 10.6. The van der Waals surface area contributed by atoms with Crippen LogP contribution in [0.3, 0.4) is 0 Å². The zero-order valence-electron chi connectivity index (χ0n) is 11.1. The molecule has 22 heavy (non-hydrogen) atoms. The summed E-state index contributed by atoms with van der Waals surface area (Å²) in [6.07, 6.45) is 0. The van der Waals surface area contributed by atoms with Gasteiger partial charge in [0.05, 0.1) is 9.82 Å². The Hall–Kier alpha value is -2.80. The summed E-state index contributed by atoms with van der Waals surface area (Å²) in [7, 11) is 0. The Morgan fingerprint density at radius 3 is 2.50 bits per heavy atom. The minimum absolute atomic E-state index is 0.0147. The van der Waals surface area contributed by atoms with Crippen LogP contribution in [0.25, 0.3) is 11.0 Å². The van der Waals surface area contributed by atoms with Crippen LogP contribution in [-0.2, 0) is 0 Å². The van der Waals surface area contributed by atoms with Gasteiger partial charge in [0.15, 0.2) is 0 Å². The third-order valence-corrected chi connectivity index (χ3v) is 4.19. The molecule has 7 heteroatoms. The third-order valence-electron chi connectivity index (χ3n) is 3.00. The van der Waals surface area contributed by atoms with E-state index < -0.39 is 16.2 Å². The molecule has 0 unspecified atom stereocenters. The Morgan fingerprint density at radius 2 is 1.77 bits per heavy atom. The molecule has 0 fully saturated rings. The summed E-state index contributed by atoms with van der Waals surface area (Å²) in [6.45, 7) is 0. The molecule has 0 amide bonds. The standard InChI is InChI=1S/C15H9NO5S/c17-10-6-2-4-8-12(10)22-14-9-5-1-3-7-11(9)21-15(18)13(14)16(19)20/h1-8,17H. The molecule has 3 rings (SSSR count). The van der Waals surface area contributed by atoms with Crippen LogP contribution < -0.4 is 5.63 Å². The van der Waals surface area contributed by atoms with E-state index in [1.54, 1.807) is 42.5 Å². The maximum Gasteiger partial charge on any atom is 0.416 e. The van der Waals surface area contributed by atoms with Crippen LogP contribution in [0.5, 0.6) is 5.75 Å². The molecule has 0 saturated heterocycles. The summed E-state index contributed by atoms with van der Waals surface area (Å²) >= 11 is 0.961. The van der Waals surface area contributed by atoms with Crippen molar-refractivity contribution < 1.29 is 14.4 Å². The number of aromatic hydroxyl groups is 1. The van der Waals surface area contributed by atoms with Crippen LogP contribution in [0, 0.1) is 10.1 Å². The largest absolute Gasteiger partial charge is 0.507 e. The first-order valence-corrected chi connectivity index (χ1v) is 7.05. The molecule has 6 nitrogen and oxygen atoms in total. The Bertz CT molecular complexity index is 935. The number of hydrogen-bond acceptors (Lipinski definition) is 6. The van der Waals surface area contributed by atoms with Gasteiger partial charge in [-0.15, -0.1) is 0 Å². The average Bonchev–Trinajstić information content (AvgIpc) is 2.49. The van der Waals surface area contributed by atoms with E-state index in [1.807, 2.05) is 0 Å². The van der Waals surface area contributed by atoms with Gasteiger partial charge < -0.3 is 9.52 Å². The molecular weight excluding hydrogens is 306 g/mol. The lowest BCUT2D eigenvalue weighted by Gasteiger charge is -2.07. The highest BCUT2D eigenvalue weighted by Crippen LogP contribution is 2.41. The molecule has 2 aromatic carbocycles. The fourth-order valence-corrected chi connectivity index (χ4v) is 3.10. The van der Waals surface area contributed by atoms with E-state index in [0.29, 0.717) is 10.3 Å². The maximum absolute atomic E-state index is 11.9. The lowest BCUT2D eigenvalue weighted by Crippen LogP contribution is -2.08. The zero-order chi connectivity index (χ0) is 15.7. The Kier molecular flexibility index (Phi) is 3.56. The van der Waals surface area contributed by atoms with Crippen molar-refractivity contribution in [3.63, 3.8) is 0 Å². The Labute approximate surface area is 128 Å². The molecule has 0 radical (unpaired) electrons. The molecule has 0 atom stereocenters. The third kappa shape index (κ3) is 2.42. The lowest BCUT2D eigenvalue weighted by molar-refractivity contribution is -0.390. The fraction of sp³-hybridized carbons (Fsp3) is 0. The van der Waals surface area contributed by atoms with E-state index in [-0.39, 0.29) is 16.2 Å². The van der Waals surface area contributed by atoms with E-state index in [1.165, 1.54) is 6.07 Å². The molecule has 1 aromatic heterocycles. The van der Waals surface area contributed by atoms with Crippen LogP contribution in [0.4, 0.5) is 5.69 Å². The highest BCUT2D eigenvalue weighted by atomic mass is 32.2. The van der Waals surface area contributed by atoms with E-state index >= 15 is 0 Å². The normalized spacial score (nSPS) is 10.7. The van der Waals surface area contributed by atoms with Gasteiger partial charge >= 0.3 is 11.3 Å². The lowest BCUT2D eigenvalue weighted by atomic mass is 10.2. The second-order valence-corrected chi connectivity index (χ2v) is 5.44. The number of para-hydroxylation sites is 2. The van der Waals surface area contributed by atoms with Crippen molar-refractivity contribution in [3.8, 4) is 5.75 Å². The van der Waals surface area contributed by atoms with Crippen molar-refractivity contribution in [2.75, 3.05) is 0 Å². The number of phenols is 1. The van der Waals surface area contributed by atoms with E-state index in [0.717, 1.165) is 11.8 Å². The first kappa shape index (κ1) is 14.2. The van der Waals surface area contributed by atoms with Crippen LogP contribution in [0.1, 0.15) is 0 Å². The van der Waals surface area contributed by atoms with Crippen molar-refractivity contribution >= 4 is 28.4 Å². The van der Waals surface area contributed by atoms with Crippen molar-refractivity contribution in [1.29, 1.82) is 0 Å². The van der Waals surface area contributed by atoms with E-state index in [2.05, 4.69) is 0 Å². The number of hydrogen-bond donors (Lipinski definition) is 1. The molecule has 0 spiro atoms. The number of rotatable bonds is 3. The molecule has 3 aromatic rings. The van der Waals surface area contributed by atoms with Crippen molar-refractivity contribution in [1.82, 2.24) is 0 Å². The summed E-state index contributed by atoms with van der Waals surface area (Å²) in [6, 6.07) is 13.0. The van der Waals surface area contributed by atoms with Gasteiger partial charge in [0.1, 0.15) is 16.2 Å². The van der Waals surface area contributed by atoms with Gasteiger partial charge in [0, 0.05) is 5.39 Å². The quantitative estimate of drug-likeness (QED) is 0.451. The summed E-state index contributed by atoms with van der Waals surface area (Å²) < 4.78 is 4.99. The predicted molar refractivity (Wildman–Crippen MR) is 81.4 cm³/mol. The average molecular weight is 315 g/mol. The van der Waals surface area contributed by atoms with Crippen molar-refractivity contribution in [3.05, 3.63) is 69.1 Å². The summed E-state index contributed by atoms with van der Waals surface area (Å²) in [4.78, 5) is 22.9. The summed E-state index contributed by atoms with van der Waals surface area (Å²) in [5.41, 5.74) is -1.38. The van der Waals surface area contributed by atoms with Crippen LogP contribution in [-0.4, -0.2) is 10.0 Å². The number of benzene rings is 2. The topological polar surface area (TPSA) is 93.6 Å². The summed E-state index contributed by atoms with van der Waals surface area (Å²) in [5.74, 6) is -0.0147. The minimum Gasteiger partial charge on any atom is -0.507 e. The van der Waals surface area contributed by atoms with Gasteiger partial charge in [-0.1, -0.05) is 36.0 Å². The Balaban J connectivity index is 2.30.